The summed E-state index contributed by atoms with van der Waals surface area (Å²) in [6.45, 7) is 1.46. The molecule has 0 atom stereocenters. The molecule has 0 radical (unpaired) electrons. The first-order valence-corrected chi connectivity index (χ1v) is 9.98. The van der Waals surface area contributed by atoms with Crippen molar-refractivity contribution in [3.8, 4) is 0 Å². The Morgan fingerprint density at radius 1 is 0.833 bits per heavy atom. The maximum atomic E-state index is 13.0. The van der Waals surface area contributed by atoms with E-state index < -0.39 is 11.8 Å². The third-order valence-corrected chi connectivity index (χ3v) is 4.71. The maximum absolute atomic E-state index is 13.0. The minimum Gasteiger partial charge on any atom is -0.321 e. The molecule has 2 amide bonds. The SMILES string of the molecule is CC(=O)c1cccc(NC(=O)C(=Cc2cccc(Br)c2)NC(=O)c2ccccc2)c1. The summed E-state index contributed by atoms with van der Waals surface area (Å²) in [5, 5.41) is 5.43. The van der Waals surface area contributed by atoms with Gasteiger partial charge in [0, 0.05) is 21.3 Å². The molecule has 0 bridgehead atoms. The zero-order chi connectivity index (χ0) is 21.5. The van der Waals surface area contributed by atoms with Crippen LogP contribution in [0.3, 0.4) is 0 Å². The van der Waals surface area contributed by atoms with E-state index in [9.17, 15) is 14.4 Å². The third-order valence-electron chi connectivity index (χ3n) is 4.22. The smallest absolute Gasteiger partial charge is 0.272 e. The summed E-state index contributed by atoms with van der Waals surface area (Å²) in [6.07, 6.45) is 1.59. The summed E-state index contributed by atoms with van der Waals surface area (Å²) in [5.41, 5.74) is 2.19. The van der Waals surface area contributed by atoms with Crippen molar-refractivity contribution >= 4 is 45.3 Å². The lowest BCUT2D eigenvalue weighted by atomic mass is 10.1. The highest BCUT2D eigenvalue weighted by Crippen LogP contribution is 2.16. The van der Waals surface area contributed by atoms with Gasteiger partial charge in [0.15, 0.2) is 5.78 Å². The number of Topliss-reactive ketones (excluding diaryl/α,β-unsaturated/α-hetero) is 1. The first-order chi connectivity index (χ1) is 14.4. The molecule has 3 rings (SSSR count). The molecule has 0 aliphatic carbocycles. The van der Waals surface area contributed by atoms with E-state index in [1.807, 2.05) is 30.3 Å². The Kier molecular flexibility index (Phi) is 6.93. The maximum Gasteiger partial charge on any atom is 0.272 e. The molecule has 3 aromatic rings. The van der Waals surface area contributed by atoms with Gasteiger partial charge in [-0.3, -0.25) is 14.4 Å². The molecule has 0 heterocycles. The van der Waals surface area contributed by atoms with Crippen LogP contribution in [0.4, 0.5) is 5.69 Å². The topological polar surface area (TPSA) is 75.3 Å². The lowest BCUT2D eigenvalue weighted by Crippen LogP contribution is -2.30. The van der Waals surface area contributed by atoms with Crippen LogP contribution in [0.2, 0.25) is 0 Å². The summed E-state index contributed by atoms with van der Waals surface area (Å²) in [5.74, 6) is -1.00. The number of hydrogen-bond acceptors (Lipinski definition) is 3. The third kappa shape index (κ3) is 5.75. The average Bonchev–Trinajstić information content (AvgIpc) is 2.74. The number of nitrogens with one attached hydrogen (secondary N) is 2. The summed E-state index contributed by atoms with van der Waals surface area (Å²) >= 11 is 3.40. The average molecular weight is 463 g/mol. The number of hydrogen-bond donors (Lipinski definition) is 2. The number of benzene rings is 3. The molecule has 3 aromatic carbocycles. The van der Waals surface area contributed by atoms with Gasteiger partial charge in [0.05, 0.1) is 0 Å². The minimum absolute atomic E-state index is 0.0789. The number of carbonyl (C=O) groups excluding carboxylic acids is 3. The molecule has 0 saturated heterocycles. The van der Waals surface area contributed by atoms with Crippen molar-refractivity contribution in [2.45, 2.75) is 6.92 Å². The Morgan fingerprint density at radius 2 is 1.53 bits per heavy atom. The Labute approximate surface area is 182 Å². The van der Waals surface area contributed by atoms with Crippen molar-refractivity contribution in [3.05, 3.63) is 106 Å². The lowest BCUT2D eigenvalue weighted by molar-refractivity contribution is -0.113. The molecule has 2 N–H and O–H groups in total. The Bertz CT molecular complexity index is 1120. The normalized spacial score (nSPS) is 10.9. The largest absolute Gasteiger partial charge is 0.321 e. The van der Waals surface area contributed by atoms with Gasteiger partial charge < -0.3 is 10.6 Å². The summed E-state index contributed by atoms with van der Waals surface area (Å²) in [7, 11) is 0. The monoisotopic (exact) mass is 462 g/mol. The fourth-order valence-corrected chi connectivity index (χ4v) is 3.14. The van der Waals surface area contributed by atoms with Crippen molar-refractivity contribution in [1.82, 2.24) is 5.32 Å². The molecular formula is C24H19BrN2O3. The molecule has 30 heavy (non-hydrogen) atoms. The van der Waals surface area contributed by atoms with Crippen LogP contribution in [0.5, 0.6) is 0 Å². The quantitative estimate of drug-likeness (QED) is 0.396. The molecule has 150 valence electrons. The molecule has 0 aliphatic heterocycles. The zero-order valence-electron chi connectivity index (χ0n) is 16.2. The van der Waals surface area contributed by atoms with E-state index in [1.165, 1.54) is 6.92 Å². The van der Waals surface area contributed by atoms with Crippen LogP contribution in [0.15, 0.2) is 89.0 Å². The second-order valence-corrected chi connectivity index (χ2v) is 7.44. The van der Waals surface area contributed by atoms with Crippen molar-refractivity contribution in [2.24, 2.45) is 0 Å². The Hall–Kier alpha value is -3.51. The van der Waals surface area contributed by atoms with Crippen LogP contribution in [0.25, 0.3) is 6.08 Å². The van der Waals surface area contributed by atoms with E-state index in [4.69, 9.17) is 0 Å². The van der Waals surface area contributed by atoms with Gasteiger partial charge in [0.25, 0.3) is 11.8 Å². The molecule has 0 saturated carbocycles. The van der Waals surface area contributed by atoms with Crippen LogP contribution in [-0.4, -0.2) is 17.6 Å². The minimum atomic E-state index is -0.500. The highest BCUT2D eigenvalue weighted by Gasteiger charge is 2.15. The number of rotatable bonds is 6. The van der Waals surface area contributed by atoms with Crippen molar-refractivity contribution in [1.29, 1.82) is 0 Å². The number of carbonyl (C=O) groups is 3. The number of anilines is 1. The molecule has 0 aliphatic rings. The highest BCUT2D eigenvalue weighted by atomic mass is 79.9. The molecule has 5 nitrogen and oxygen atoms in total. The van der Waals surface area contributed by atoms with Gasteiger partial charge in [-0.25, -0.2) is 0 Å². The van der Waals surface area contributed by atoms with Gasteiger partial charge in [-0.2, -0.15) is 0 Å². The van der Waals surface area contributed by atoms with Crippen molar-refractivity contribution in [3.63, 3.8) is 0 Å². The first-order valence-electron chi connectivity index (χ1n) is 9.18. The van der Waals surface area contributed by atoms with E-state index in [0.29, 0.717) is 16.8 Å². The molecule has 0 aromatic heterocycles. The molecule has 0 fully saturated rings. The van der Waals surface area contributed by atoms with Gasteiger partial charge in [-0.05, 0) is 55.0 Å². The lowest BCUT2D eigenvalue weighted by Gasteiger charge is -2.12. The van der Waals surface area contributed by atoms with Gasteiger partial charge >= 0.3 is 0 Å². The number of ketones is 1. The summed E-state index contributed by atoms with van der Waals surface area (Å²) in [6, 6.07) is 22.6. The first kappa shape index (κ1) is 21.2. The van der Waals surface area contributed by atoms with Gasteiger partial charge in [0.1, 0.15) is 5.70 Å². The fraction of sp³-hybridized carbons (Fsp3) is 0.0417. The molecule has 0 spiro atoms. The van der Waals surface area contributed by atoms with Gasteiger partial charge in [0.2, 0.25) is 0 Å². The summed E-state index contributed by atoms with van der Waals surface area (Å²) in [4.78, 5) is 37.2. The van der Waals surface area contributed by atoms with E-state index >= 15 is 0 Å². The van der Waals surface area contributed by atoms with E-state index in [2.05, 4.69) is 26.6 Å². The van der Waals surface area contributed by atoms with Crippen LogP contribution < -0.4 is 10.6 Å². The van der Waals surface area contributed by atoms with Crippen molar-refractivity contribution < 1.29 is 14.4 Å². The van der Waals surface area contributed by atoms with Crippen LogP contribution in [0.1, 0.15) is 33.2 Å². The van der Waals surface area contributed by atoms with Crippen molar-refractivity contribution in [2.75, 3.05) is 5.32 Å². The second-order valence-electron chi connectivity index (χ2n) is 6.52. The van der Waals surface area contributed by atoms with Crippen LogP contribution in [0, 0.1) is 0 Å². The van der Waals surface area contributed by atoms with E-state index in [0.717, 1.165) is 10.0 Å². The predicted octanol–water partition coefficient (Wildman–Crippen LogP) is 5.06. The Balaban J connectivity index is 1.90. The van der Waals surface area contributed by atoms with Gasteiger partial charge in [-0.15, -0.1) is 0 Å². The number of amides is 2. The van der Waals surface area contributed by atoms with Crippen LogP contribution in [-0.2, 0) is 4.79 Å². The highest BCUT2D eigenvalue weighted by molar-refractivity contribution is 9.10. The Morgan fingerprint density at radius 3 is 2.23 bits per heavy atom. The molecule has 0 unspecified atom stereocenters. The number of halogens is 1. The fourth-order valence-electron chi connectivity index (χ4n) is 2.72. The second kappa shape index (κ2) is 9.80. The van der Waals surface area contributed by atoms with E-state index in [-0.39, 0.29) is 11.5 Å². The zero-order valence-corrected chi connectivity index (χ0v) is 17.8. The molecule has 6 heteroatoms. The van der Waals surface area contributed by atoms with E-state index in [1.54, 1.807) is 54.6 Å². The summed E-state index contributed by atoms with van der Waals surface area (Å²) < 4.78 is 0.847. The molecular weight excluding hydrogens is 444 g/mol. The van der Waals surface area contributed by atoms with Gasteiger partial charge in [-0.1, -0.05) is 58.4 Å². The standard InChI is InChI=1S/C24H19BrN2O3/c1-16(28)19-10-6-12-21(15-19)26-24(30)22(14-17-7-5-11-20(25)13-17)27-23(29)18-8-3-2-4-9-18/h2-15H,1H3,(H,26,30)(H,27,29). The predicted molar refractivity (Wildman–Crippen MR) is 121 cm³/mol. The van der Waals surface area contributed by atoms with Crippen LogP contribution >= 0.6 is 15.9 Å².